The number of hydrogen-bond donors (Lipinski definition) is 2. The van der Waals surface area contributed by atoms with Gasteiger partial charge in [-0.15, -0.1) is 0 Å². The molecule has 0 spiro atoms. The number of hydrogen-bond acceptors (Lipinski definition) is 4. The third kappa shape index (κ3) is 3.12. The van der Waals surface area contributed by atoms with Crippen LogP contribution in [0.3, 0.4) is 0 Å². The van der Waals surface area contributed by atoms with E-state index in [4.69, 9.17) is 10.8 Å². The Morgan fingerprint density at radius 1 is 1.69 bits per heavy atom. The van der Waals surface area contributed by atoms with Crippen molar-refractivity contribution >= 4 is 11.8 Å². The average Bonchev–Trinajstić information content (AvgIpc) is 2.29. The first-order valence-corrected chi connectivity index (χ1v) is 4.32. The molecule has 0 amide bonds. The molecule has 1 aliphatic heterocycles. The van der Waals surface area contributed by atoms with Crippen LogP contribution < -0.4 is 5.73 Å². The molecular weight excluding hydrogens is 172 g/mol. The Balaban J connectivity index is 2.21. The predicted molar refractivity (Wildman–Crippen MR) is 46.0 cm³/mol. The molecule has 3 N–H and O–H groups in total. The fourth-order valence-corrected chi connectivity index (χ4v) is 1.45. The van der Waals surface area contributed by atoms with Crippen molar-refractivity contribution in [3.63, 3.8) is 0 Å². The molecule has 1 atom stereocenters. The molecule has 0 aromatic rings. The van der Waals surface area contributed by atoms with E-state index in [9.17, 15) is 9.59 Å². The Kier molecular flexibility index (Phi) is 3.39. The number of Topliss-reactive ketones (excluding diaryl/α,β-unsaturated/α-hetero) is 1. The summed E-state index contributed by atoms with van der Waals surface area (Å²) in [6.45, 7) is 0.972. The van der Waals surface area contributed by atoms with Crippen molar-refractivity contribution in [2.75, 3.05) is 13.1 Å². The quantitative estimate of drug-likeness (QED) is 0.613. The molecule has 0 bridgehead atoms. The van der Waals surface area contributed by atoms with Crippen molar-refractivity contribution in [1.82, 2.24) is 4.90 Å². The van der Waals surface area contributed by atoms with Crippen molar-refractivity contribution < 1.29 is 14.7 Å². The fraction of sp³-hybridized carbons (Fsp3) is 0.750. The highest BCUT2D eigenvalue weighted by Crippen LogP contribution is 2.10. The first-order chi connectivity index (χ1) is 6.09. The Labute approximate surface area is 76.5 Å². The molecule has 1 fully saturated rings. The van der Waals surface area contributed by atoms with E-state index in [0.717, 1.165) is 0 Å². The molecule has 13 heavy (non-hydrogen) atoms. The minimum absolute atomic E-state index is 0.136. The zero-order chi connectivity index (χ0) is 9.84. The highest BCUT2D eigenvalue weighted by molar-refractivity contribution is 5.83. The number of carboxylic acids is 1. The Morgan fingerprint density at radius 2 is 2.38 bits per heavy atom. The topological polar surface area (TPSA) is 83.6 Å². The number of carbonyl (C=O) groups is 2. The summed E-state index contributed by atoms with van der Waals surface area (Å²) in [7, 11) is 0. The number of aliphatic carboxylic acids is 1. The first kappa shape index (κ1) is 10.1. The van der Waals surface area contributed by atoms with Gasteiger partial charge in [0.25, 0.3) is 0 Å². The van der Waals surface area contributed by atoms with Gasteiger partial charge < -0.3 is 10.8 Å². The molecular formula is C8H14N2O3. The van der Waals surface area contributed by atoms with Crippen molar-refractivity contribution in [1.29, 1.82) is 0 Å². The smallest absolute Gasteiger partial charge is 0.303 e. The van der Waals surface area contributed by atoms with Gasteiger partial charge in [0.2, 0.25) is 0 Å². The van der Waals surface area contributed by atoms with Crippen LogP contribution >= 0.6 is 0 Å². The lowest BCUT2D eigenvalue weighted by Gasteiger charge is -2.18. The number of ketones is 1. The lowest BCUT2D eigenvalue weighted by Crippen LogP contribution is -2.37. The van der Waals surface area contributed by atoms with E-state index in [0.29, 0.717) is 25.9 Å². The Morgan fingerprint density at radius 3 is 2.85 bits per heavy atom. The van der Waals surface area contributed by atoms with Crippen molar-refractivity contribution in [2.45, 2.75) is 25.4 Å². The zero-order valence-electron chi connectivity index (χ0n) is 7.40. The molecule has 5 nitrogen and oxygen atoms in total. The standard InChI is InChI=1S/C8H14N2O3/c9-7-4-6(11)5-10(7)3-1-2-8(12)13/h7H,1-5,9H2,(H,12,13). The van der Waals surface area contributed by atoms with Crippen molar-refractivity contribution in [3.05, 3.63) is 0 Å². The fourth-order valence-electron chi connectivity index (χ4n) is 1.45. The van der Waals surface area contributed by atoms with Gasteiger partial charge in [0.1, 0.15) is 5.78 Å². The van der Waals surface area contributed by atoms with Gasteiger partial charge in [0.15, 0.2) is 0 Å². The second-order valence-corrected chi connectivity index (χ2v) is 3.28. The van der Waals surface area contributed by atoms with E-state index >= 15 is 0 Å². The van der Waals surface area contributed by atoms with Gasteiger partial charge >= 0.3 is 5.97 Å². The molecule has 74 valence electrons. The number of likely N-dealkylation sites (tertiary alicyclic amines) is 1. The maximum absolute atomic E-state index is 10.9. The summed E-state index contributed by atoms with van der Waals surface area (Å²) < 4.78 is 0. The number of nitrogens with zero attached hydrogens (tertiary/aromatic N) is 1. The van der Waals surface area contributed by atoms with Crippen LogP contribution in [0.5, 0.6) is 0 Å². The van der Waals surface area contributed by atoms with Gasteiger partial charge in [0, 0.05) is 19.4 Å². The van der Waals surface area contributed by atoms with Crippen molar-refractivity contribution in [2.24, 2.45) is 5.73 Å². The van der Waals surface area contributed by atoms with Gasteiger partial charge in [-0.3, -0.25) is 14.5 Å². The average molecular weight is 186 g/mol. The largest absolute Gasteiger partial charge is 0.481 e. The van der Waals surface area contributed by atoms with Gasteiger partial charge in [-0.25, -0.2) is 0 Å². The van der Waals surface area contributed by atoms with E-state index in [1.165, 1.54) is 0 Å². The third-order valence-corrected chi connectivity index (χ3v) is 2.12. The van der Waals surface area contributed by atoms with Crippen LogP contribution in [0.2, 0.25) is 0 Å². The first-order valence-electron chi connectivity index (χ1n) is 4.32. The summed E-state index contributed by atoms with van der Waals surface area (Å²) in [6, 6.07) is 0. The van der Waals surface area contributed by atoms with Crippen LogP contribution in [0.25, 0.3) is 0 Å². The van der Waals surface area contributed by atoms with Crippen LogP contribution in [0, 0.1) is 0 Å². The molecule has 5 heteroatoms. The lowest BCUT2D eigenvalue weighted by molar-refractivity contribution is -0.137. The maximum atomic E-state index is 10.9. The molecule has 0 saturated carbocycles. The molecule has 0 aromatic carbocycles. The third-order valence-electron chi connectivity index (χ3n) is 2.12. The molecule has 0 aromatic heterocycles. The maximum Gasteiger partial charge on any atom is 0.303 e. The summed E-state index contributed by atoms with van der Waals surface area (Å²) in [6.07, 6.45) is 0.877. The SMILES string of the molecule is NC1CC(=O)CN1CCCC(=O)O. The number of carbonyl (C=O) groups excluding carboxylic acids is 1. The summed E-state index contributed by atoms with van der Waals surface area (Å²) in [5, 5.41) is 8.39. The molecule has 1 aliphatic rings. The van der Waals surface area contributed by atoms with E-state index in [-0.39, 0.29) is 18.4 Å². The summed E-state index contributed by atoms with van der Waals surface area (Å²) in [4.78, 5) is 22.9. The molecule has 1 saturated heterocycles. The predicted octanol–water partition coefficient (Wildman–Crippen LogP) is -0.589. The number of rotatable bonds is 4. The highest BCUT2D eigenvalue weighted by Gasteiger charge is 2.26. The van der Waals surface area contributed by atoms with Crippen LogP contribution in [0.4, 0.5) is 0 Å². The zero-order valence-corrected chi connectivity index (χ0v) is 7.40. The van der Waals surface area contributed by atoms with Crippen LogP contribution in [-0.4, -0.2) is 41.0 Å². The second-order valence-electron chi connectivity index (χ2n) is 3.28. The van der Waals surface area contributed by atoms with Crippen LogP contribution in [0.15, 0.2) is 0 Å². The number of carboxylic acid groups (broad SMARTS) is 1. The summed E-state index contributed by atoms with van der Waals surface area (Å²) in [5.74, 6) is -0.665. The summed E-state index contributed by atoms with van der Waals surface area (Å²) >= 11 is 0. The van der Waals surface area contributed by atoms with E-state index in [1.807, 2.05) is 4.90 Å². The molecule has 1 unspecified atom stereocenters. The van der Waals surface area contributed by atoms with Gasteiger partial charge in [-0.1, -0.05) is 0 Å². The van der Waals surface area contributed by atoms with Crippen molar-refractivity contribution in [3.8, 4) is 0 Å². The Bertz CT molecular complexity index is 217. The normalized spacial score (nSPS) is 23.8. The van der Waals surface area contributed by atoms with E-state index < -0.39 is 5.97 Å². The molecule has 0 radical (unpaired) electrons. The second kappa shape index (κ2) is 4.34. The Hall–Kier alpha value is -0.940. The van der Waals surface area contributed by atoms with Crippen LogP contribution in [-0.2, 0) is 9.59 Å². The monoisotopic (exact) mass is 186 g/mol. The molecule has 0 aliphatic carbocycles. The number of nitrogens with two attached hydrogens (primary N) is 1. The highest BCUT2D eigenvalue weighted by atomic mass is 16.4. The van der Waals surface area contributed by atoms with E-state index in [2.05, 4.69) is 0 Å². The minimum atomic E-state index is -0.806. The summed E-state index contributed by atoms with van der Waals surface area (Å²) in [5.41, 5.74) is 5.64. The van der Waals surface area contributed by atoms with E-state index in [1.54, 1.807) is 0 Å². The van der Waals surface area contributed by atoms with Crippen LogP contribution in [0.1, 0.15) is 19.3 Å². The molecule has 1 heterocycles. The lowest BCUT2D eigenvalue weighted by atomic mass is 10.3. The minimum Gasteiger partial charge on any atom is -0.481 e. The molecule has 1 rings (SSSR count). The van der Waals surface area contributed by atoms with Gasteiger partial charge in [-0.2, -0.15) is 0 Å². The van der Waals surface area contributed by atoms with Gasteiger partial charge in [-0.05, 0) is 6.42 Å². The van der Waals surface area contributed by atoms with Gasteiger partial charge in [0.05, 0.1) is 12.7 Å².